The van der Waals surface area contributed by atoms with Gasteiger partial charge in [-0.3, -0.25) is 9.59 Å². The fraction of sp³-hybridized carbons (Fsp3) is 0.385. The summed E-state index contributed by atoms with van der Waals surface area (Å²) in [6.45, 7) is 0.701. The Morgan fingerprint density at radius 3 is 2.63 bits per heavy atom. The van der Waals surface area contributed by atoms with Crippen LogP contribution in [0.3, 0.4) is 0 Å². The van der Waals surface area contributed by atoms with E-state index in [9.17, 15) is 14.7 Å². The summed E-state index contributed by atoms with van der Waals surface area (Å²) in [4.78, 5) is 22.9. The fourth-order valence-electron chi connectivity index (χ4n) is 1.44. The van der Waals surface area contributed by atoms with E-state index in [1.54, 1.807) is 12.1 Å². The van der Waals surface area contributed by atoms with Gasteiger partial charge in [-0.15, -0.1) is 11.6 Å². The minimum absolute atomic E-state index is 0.0435. The molecule has 6 heteroatoms. The smallest absolute Gasteiger partial charge is 0.251 e. The topological polar surface area (TPSA) is 78.4 Å². The molecule has 0 saturated carbocycles. The number of alkyl halides is 1. The number of phenolic OH excluding ortho intramolecular Hbond substituents is 1. The lowest BCUT2D eigenvalue weighted by Gasteiger charge is -2.07. The van der Waals surface area contributed by atoms with Gasteiger partial charge in [0.25, 0.3) is 5.91 Å². The molecule has 1 rings (SSSR count). The average molecular weight is 285 g/mol. The van der Waals surface area contributed by atoms with Crippen LogP contribution in [0.4, 0.5) is 0 Å². The number of nitrogens with one attached hydrogen (secondary N) is 2. The Morgan fingerprint density at radius 2 is 1.95 bits per heavy atom. The van der Waals surface area contributed by atoms with Crippen molar-refractivity contribution in [3.63, 3.8) is 0 Å². The van der Waals surface area contributed by atoms with E-state index in [4.69, 9.17) is 11.6 Å². The number of aromatic hydroxyl groups is 1. The standard InChI is InChI=1S/C13H17ClN2O3/c14-6-2-5-12(18)15-7-8-16-13(19)10-3-1-4-11(17)9-10/h1,3-4,9,17H,2,5-8H2,(H,15,18)(H,16,19). The number of amides is 2. The third kappa shape index (κ3) is 6.10. The Balaban J connectivity index is 2.22. The predicted molar refractivity (Wildman–Crippen MR) is 73.4 cm³/mol. The first-order chi connectivity index (χ1) is 9.13. The molecule has 2 amide bonds. The number of benzene rings is 1. The predicted octanol–water partition coefficient (Wildman–Crippen LogP) is 1.26. The molecule has 0 saturated heterocycles. The van der Waals surface area contributed by atoms with Crippen molar-refractivity contribution in [1.29, 1.82) is 0 Å². The number of halogens is 1. The van der Waals surface area contributed by atoms with Crippen molar-refractivity contribution in [2.75, 3.05) is 19.0 Å². The first-order valence-corrected chi connectivity index (χ1v) is 6.57. The van der Waals surface area contributed by atoms with Gasteiger partial charge in [0.15, 0.2) is 0 Å². The van der Waals surface area contributed by atoms with Gasteiger partial charge in [-0.25, -0.2) is 0 Å². The molecule has 0 unspecified atom stereocenters. The molecular formula is C13H17ClN2O3. The molecule has 104 valence electrons. The largest absolute Gasteiger partial charge is 0.508 e. The Hall–Kier alpha value is -1.75. The molecule has 1 aromatic carbocycles. The van der Waals surface area contributed by atoms with E-state index in [-0.39, 0.29) is 17.6 Å². The second kappa shape index (κ2) is 8.37. The van der Waals surface area contributed by atoms with Gasteiger partial charge in [-0.05, 0) is 24.6 Å². The van der Waals surface area contributed by atoms with E-state index in [0.717, 1.165) is 0 Å². The Morgan fingerprint density at radius 1 is 1.21 bits per heavy atom. The molecule has 19 heavy (non-hydrogen) atoms. The van der Waals surface area contributed by atoms with E-state index >= 15 is 0 Å². The van der Waals surface area contributed by atoms with Gasteiger partial charge in [0.2, 0.25) is 5.91 Å². The van der Waals surface area contributed by atoms with Crippen molar-refractivity contribution in [1.82, 2.24) is 10.6 Å². The second-order valence-electron chi connectivity index (χ2n) is 3.95. The molecule has 5 nitrogen and oxygen atoms in total. The second-order valence-corrected chi connectivity index (χ2v) is 4.33. The molecular weight excluding hydrogens is 268 g/mol. The Bertz CT molecular complexity index is 438. The van der Waals surface area contributed by atoms with E-state index in [0.29, 0.717) is 37.4 Å². The highest BCUT2D eigenvalue weighted by Crippen LogP contribution is 2.10. The van der Waals surface area contributed by atoms with Crippen LogP contribution < -0.4 is 10.6 Å². The maximum Gasteiger partial charge on any atom is 0.251 e. The van der Waals surface area contributed by atoms with Crippen molar-refractivity contribution in [2.24, 2.45) is 0 Å². The van der Waals surface area contributed by atoms with Crippen molar-refractivity contribution in [3.8, 4) is 5.75 Å². The summed E-state index contributed by atoms with van der Waals surface area (Å²) in [5.41, 5.74) is 0.383. The number of carbonyl (C=O) groups excluding carboxylic acids is 2. The highest BCUT2D eigenvalue weighted by Gasteiger charge is 2.05. The fourth-order valence-corrected chi connectivity index (χ4v) is 1.58. The van der Waals surface area contributed by atoms with Gasteiger partial charge in [0.1, 0.15) is 5.75 Å². The van der Waals surface area contributed by atoms with Gasteiger partial charge in [-0.2, -0.15) is 0 Å². The molecule has 0 atom stereocenters. The van der Waals surface area contributed by atoms with Gasteiger partial charge < -0.3 is 15.7 Å². The maximum atomic E-state index is 11.7. The normalized spacial score (nSPS) is 9.95. The van der Waals surface area contributed by atoms with Crippen LogP contribution in [-0.2, 0) is 4.79 Å². The zero-order chi connectivity index (χ0) is 14.1. The third-order valence-electron chi connectivity index (χ3n) is 2.38. The number of hydrogen-bond donors (Lipinski definition) is 3. The third-order valence-corrected chi connectivity index (χ3v) is 2.65. The molecule has 0 aliphatic heterocycles. The molecule has 0 fully saturated rings. The number of rotatable bonds is 7. The van der Waals surface area contributed by atoms with E-state index < -0.39 is 0 Å². The summed E-state index contributed by atoms with van der Waals surface area (Å²) in [5, 5.41) is 14.6. The van der Waals surface area contributed by atoms with Gasteiger partial charge in [0.05, 0.1) is 0 Å². The van der Waals surface area contributed by atoms with Crippen LogP contribution in [0, 0.1) is 0 Å². The summed E-state index contributed by atoms with van der Waals surface area (Å²) in [6, 6.07) is 6.08. The molecule has 0 spiro atoms. The van der Waals surface area contributed by atoms with Gasteiger partial charge in [0, 0.05) is 31.0 Å². The summed E-state index contributed by atoms with van der Waals surface area (Å²) in [6.07, 6.45) is 1.03. The zero-order valence-electron chi connectivity index (χ0n) is 10.5. The summed E-state index contributed by atoms with van der Waals surface area (Å²) < 4.78 is 0. The monoisotopic (exact) mass is 284 g/mol. The number of carbonyl (C=O) groups is 2. The molecule has 0 aliphatic rings. The van der Waals surface area contributed by atoms with E-state index in [2.05, 4.69) is 10.6 Å². The Kier molecular flexibility index (Phi) is 6.74. The minimum Gasteiger partial charge on any atom is -0.508 e. The van der Waals surface area contributed by atoms with Crippen LogP contribution in [0.2, 0.25) is 0 Å². The molecule has 0 aromatic heterocycles. The first-order valence-electron chi connectivity index (χ1n) is 6.03. The SMILES string of the molecule is O=C(CCCCl)NCCNC(=O)c1cccc(O)c1. The van der Waals surface area contributed by atoms with Gasteiger partial charge >= 0.3 is 0 Å². The van der Waals surface area contributed by atoms with Crippen LogP contribution in [0.15, 0.2) is 24.3 Å². The highest BCUT2D eigenvalue weighted by molar-refractivity contribution is 6.17. The van der Waals surface area contributed by atoms with Crippen molar-refractivity contribution in [2.45, 2.75) is 12.8 Å². The summed E-state index contributed by atoms with van der Waals surface area (Å²) >= 11 is 5.47. The molecule has 0 radical (unpaired) electrons. The van der Waals surface area contributed by atoms with Crippen LogP contribution >= 0.6 is 11.6 Å². The van der Waals surface area contributed by atoms with Crippen LogP contribution in [0.1, 0.15) is 23.2 Å². The Labute approximate surface area is 117 Å². The maximum absolute atomic E-state index is 11.7. The summed E-state index contributed by atoms with van der Waals surface area (Å²) in [5.74, 6) is 0.141. The molecule has 0 heterocycles. The van der Waals surface area contributed by atoms with E-state index in [1.165, 1.54) is 12.1 Å². The number of hydrogen-bond acceptors (Lipinski definition) is 3. The summed E-state index contributed by atoms with van der Waals surface area (Å²) in [7, 11) is 0. The lowest BCUT2D eigenvalue weighted by Crippen LogP contribution is -2.34. The van der Waals surface area contributed by atoms with Crippen molar-refractivity contribution in [3.05, 3.63) is 29.8 Å². The molecule has 3 N–H and O–H groups in total. The van der Waals surface area contributed by atoms with Crippen LogP contribution in [0.5, 0.6) is 5.75 Å². The lowest BCUT2D eigenvalue weighted by atomic mass is 10.2. The van der Waals surface area contributed by atoms with Crippen molar-refractivity contribution < 1.29 is 14.7 Å². The minimum atomic E-state index is -0.286. The number of phenols is 1. The molecule has 0 bridgehead atoms. The molecule has 0 aliphatic carbocycles. The quantitative estimate of drug-likeness (QED) is 0.521. The molecule has 1 aromatic rings. The van der Waals surface area contributed by atoms with Crippen molar-refractivity contribution >= 4 is 23.4 Å². The zero-order valence-corrected chi connectivity index (χ0v) is 11.2. The van der Waals surface area contributed by atoms with Crippen LogP contribution in [0.25, 0.3) is 0 Å². The van der Waals surface area contributed by atoms with Crippen LogP contribution in [-0.4, -0.2) is 35.9 Å². The highest BCUT2D eigenvalue weighted by atomic mass is 35.5. The first kappa shape index (κ1) is 15.3. The van der Waals surface area contributed by atoms with Gasteiger partial charge in [-0.1, -0.05) is 6.07 Å². The lowest BCUT2D eigenvalue weighted by molar-refractivity contribution is -0.121. The average Bonchev–Trinajstić information content (AvgIpc) is 2.41. The van der Waals surface area contributed by atoms with E-state index in [1.807, 2.05) is 0 Å².